The Balaban J connectivity index is 2.61. The smallest absolute Gasteiger partial charge is 0.119 e. The first-order chi connectivity index (χ1) is 9.67. The van der Waals surface area contributed by atoms with Crippen LogP contribution in [0.15, 0.2) is 53.0 Å². The van der Waals surface area contributed by atoms with Gasteiger partial charge in [-0.25, -0.2) is 0 Å². The minimum atomic E-state index is 0.393. The maximum Gasteiger partial charge on any atom is 0.119 e. The van der Waals surface area contributed by atoms with E-state index in [-0.39, 0.29) is 0 Å². The van der Waals surface area contributed by atoms with E-state index in [1.54, 1.807) is 13.2 Å². The third kappa shape index (κ3) is 3.04. The van der Waals surface area contributed by atoms with Gasteiger partial charge in [0.2, 0.25) is 0 Å². The number of hydrogen-bond donors (Lipinski definition) is 0. The molecule has 0 radical (unpaired) electrons. The van der Waals surface area contributed by atoms with E-state index in [0.717, 1.165) is 15.6 Å². The van der Waals surface area contributed by atoms with Crippen molar-refractivity contribution in [3.63, 3.8) is 0 Å². The highest BCUT2D eigenvalue weighted by Crippen LogP contribution is 2.35. The fraction of sp³-hybridized carbons (Fsp3) is 0.0625. The largest absolute Gasteiger partial charge is 0.497 e. The van der Waals surface area contributed by atoms with Gasteiger partial charge in [0.15, 0.2) is 0 Å². The molecule has 0 aliphatic carbocycles. The van der Waals surface area contributed by atoms with E-state index in [0.29, 0.717) is 16.4 Å². The van der Waals surface area contributed by atoms with Crippen molar-refractivity contribution in [1.82, 2.24) is 0 Å². The van der Waals surface area contributed by atoms with Gasteiger partial charge in [-0.3, -0.25) is 0 Å². The van der Waals surface area contributed by atoms with Crippen molar-refractivity contribution in [3.8, 4) is 11.8 Å². The molecule has 2 rings (SSSR count). The molecular formula is C16H11BrClNO. The number of methoxy groups -OCH3 is 1. The maximum atomic E-state index is 9.39. The van der Waals surface area contributed by atoms with Gasteiger partial charge < -0.3 is 4.74 Å². The van der Waals surface area contributed by atoms with Gasteiger partial charge >= 0.3 is 0 Å². The van der Waals surface area contributed by atoms with E-state index in [9.17, 15) is 5.26 Å². The topological polar surface area (TPSA) is 33.0 Å². The Kier molecular flexibility index (Phi) is 4.84. The van der Waals surface area contributed by atoms with Crippen LogP contribution in [-0.2, 0) is 0 Å². The maximum absolute atomic E-state index is 9.39. The summed E-state index contributed by atoms with van der Waals surface area (Å²) in [4.78, 5) is 0. The number of hydrogen-bond acceptors (Lipinski definition) is 2. The van der Waals surface area contributed by atoms with Crippen LogP contribution in [0, 0.1) is 11.3 Å². The number of rotatable bonds is 3. The minimum absolute atomic E-state index is 0.393. The molecule has 0 aromatic heterocycles. The first-order valence-electron chi connectivity index (χ1n) is 5.86. The predicted octanol–water partition coefficient (Wildman–Crippen LogP) is 5.09. The fourth-order valence-electron chi connectivity index (χ4n) is 1.78. The molecule has 100 valence electrons. The van der Waals surface area contributed by atoms with Crippen LogP contribution in [0.3, 0.4) is 0 Å². The van der Waals surface area contributed by atoms with Gasteiger partial charge in [-0.15, -0.1) is 0 Å². The molecule has 0 aliphatic heterocycles. The molecule has 0 fully saturated rings. The second-order valence-electron chi connectivity index (χ2n) is 4.01. The summed E-state index contributed by atoms with van der Waals surface area (Å²) < 4.78 is 6.01. The molecule has 0 N–H and O–H groups in total. The number of benzene rings is 2. The minimum Gasteiger partial charge on any atom is -0.497 e. The molecule has 2 aromatic rings. The van der Waals surface area contributed by atoms with Crippen molar-refractivity contribution in [2.75, 3.05) is 7.11 Å². The summed E-state index contributed by atoms with van der Waals surface area (Å²) in [6.45, 7) is 0. The van der Waals surface area contributed by atoms with Gasteiger partial charge in [-0.05, 0) is 23.8 Å². The van der Waals surface area contributed by atoms with Gasteiger partial charge in [0.05, 0.1) is 17.7 Å². The quantitative estimate of drug-likeness (QED) is 0.572. The Morgan fingerprint density at radius 3 is 2.50 bits per heavy atom. The molecule has 2 aromatic carbocycles. The van der Waals surface area contributed by atoms with E-state index in [1.807, 2.05) is 42.5 Å². The van der Waals surface area contributed by atoms with E-state index in [1.165, 1.54) is 0 Å². The van der Waals surface area contributed by atoms with Crippen molar-refractivity contribution in [2.45, 2.75) is 0 Å². The summed E-state index contributed by atoms with van der Waals surface area (Å²) in [5.74, 6) is 0.687. The average molecular weight is 349 g/mol. The Bertz CT molecular complexity index is 689. The molecule has 0 spiro atoms. The van der Waals surface area contributed by atoms with Crippen molar-refractivity contribution in [2.24, 2.45) is 0 Å². The zero-order valence-corrected chi connectivity index (χ0v) is 13.1. The van der Waals surface area contributed by atoms with Crippen molar-refractivity contribution < 1.29 is 4.74 Å². The second-order valence-corrected chi connectivity index (χ2v) is 5.24. The van der Waals surface area contributed by atoms with Crippen LogP contribution < -0.4 is 4.74 Å². The van der Waals surface area contributed by atoms with Crippen LogP contribution in [0.25, 0.3) is 10.6 Å². The molecule has 20 heavy (non-hydrogen) atoms. The van der Waals surface area contributed by atoms with E-state index < -0.39 is 0 Å². The molecule has 0 saturated heterocycles. The van der Waals surface area contributed by atoms with E-state index >= 15 is 0 Å². The van der Waals surface area contributed by atoms with Crippen LogP contribution >= 0.6 is 27.5 Å². The SMILES string of the molecule is COc1ccc(Br)c(C(Cl)=C(C#N)c2ccccc2)c1. The molecule has 2 nitrogen and oxygen atoms in total. The molecule has 0 heterocycles. The number of allylic oxidation sites excluding steroid dienone is 1. The third-order valence-corrected chi connectivity index (χ3v) is 3.89. The lowest BCUT2D eigenvalue weighted by Gasteiger charge is -2.09. The number of halogens is 2. The van der Waals surface area contributed by atoms with Crippen LogP contribution in [0.2, 0.25) is 0 Å². The van der Waals surface area contributed by atoms with Gasteiger partial charge in [-0.1, -0.05) is 57.9 Å². The monoisotopic (exact) mass is 347 g/mol. The van der Waals surface area contributed by atoms with Gasteiger partial charge in [0.1, 0.15) is 11.8 Å². The lowest BCUT2D eigenvalue weighted by Crippen LogP contribution is -1.89. The molecule has 0 bridgehead atoms. The number of ether oxygens (including phenoxy) is 1. The summed E-state index contributed by atoms with van der Waals surface area (Å²) in [6, 6.07) is 17.0. The molecular weight excluding hydrogens is 338 g/mol. The second kappa shape index (κ2) is 6.60. The molecule has 0 atom stereocenters. The molecule has 0 unspecified atom stereocenters. The Morgan fingerprint density at radius 2 is 1.90 bits per heavy atom. The third-order valence-electron chi connectivity index (χ3n) is 2.80. The summed E-state index contributed by atoms with van der Waals surface area (Å²) in [6.07, 6.45) is 0. The fourth-order valence-corrected chi connectivity index (χ4v) is 2.65. The highest BCUT2D eigenvalue weighted by atomic mass is 79.9. The van der Waals surface area contributed by atoms with Crippen LogP contribution in [-0.4, -0.2) is 7.11 Å². The zero-order valence-electron chi connectivity index (χ0n) is 10.7. The van der Waals surface area contributed by atoms with E-state index in [4.69, 9.17) is 16.3 Å². The Hall–Kier alpha value is -1.76. The average Bonchev–Trinajstić information content (AvgIpc) is 2.49. The van der Waals surface area contributed by atoms with Crippen molar-refractivity contribution in [1.29, 1.82) is 5.26 Å². The van der Waals surface area contributed by atoms with E-state index in [2.05, 4.69) is 22.0 Å². The number of nitrogens with zero attached hydrogens (tertiary/aromatic N) is 1. The van der Waals surface area contributed by atoms with Gasteiger partial charge in [-0.2, -0.15) is 5.26 Å². The molecule has 0 saturated carbocycles. The van der Waals surface area contributed by atoms with Crippen LogP contribution in [0.5, 0.6) is 5.75 Å². The normalized spacial score (nSPS) is 11.5. The first-order valence-corrected chi connectivity index (χ1v) is 7.03. The standard InChI is InChI=1S/C16H11BrClNO/c1-20-12-7-8-15(17)13(9-12)16(18)14(10-19)11-5-3-2-4-6-11/h2-9H,1H3. The Morgan fingerprint density at radius 1 is 1.20 bits per heavy atom. The van der Waals surface area contributed by atoms with Crippen LogP contribution in [0.4, 0.5) is 0 Å². The summed E-state index contributed by atoms with van der Waals surface area (Å²) in [5, 5.41) is 9.78. The molecule has 0 aliphatic rings. The predicted molar refractivity (Wildman–Crippen MR) is 85.4 cm³/mol. The molecule has 4 heteroatoms. The number of nitriles is 1. The summed E-state index contributed by atoms with van der Waals surface area (Å²) in [5.41, 5.74) is 1.95. The highest BCUT2D eigenvalue weighted by Gasteiger charge is 2.13. The highest BCUT2D eigenvalue weighted by molar-refractivity contribution is 9.10. The van der Waals surface area contributed by atoms with Crippen molar-refractivity contribution >= 4 is 38.1 Å². The van der Waals surface area contributed by atoms with Gasteiger partial charge in [0.25, 0.3) is 0 Å². The lowest BCUT2D eigenvalue weighted by atomic mass is 10.0. The zero-order chi connectivity index (χ0) is 14.5. The summed E-state index contributed by atoms with van der Waals surface area (Å²) in [7, 11) is 1.59. The van der Waals surface area contributed by atoms with Gasteiger partial charge in [0, 0.05) is 10.0 Å². The first kappa shape index (κ1) is 14.6. The summed E-state index contributed by atoms with van der Waals surface area (Å²) >= 11 is 9.86. The Labute approximate surface area is 131 Å². The molecule has 0 amide bonds. The van der Waals surface area contributed by atoms with Crippen molar-refractivity contribution in [3.05, 3.63) is 64.1 Å². The lowest BCUT2D eigenvalue weighted by molar-refractivity contribution is 0.414. The van der Waals surface area contributed by atoms with Crippen LogP contribution in [0.1, 0.15) is 11.1 Å².